The molecule has 1 aliphatic heterocycles. The van der Waals surface area contributed by atoms with Crippen LogP contribution in [0, 0.1) is 5.92 Å². The summed E-state index contributed by atoms with van der Waals surface area (Å²) in [6.07, 6.45) is 6.12. The molecule has 2 fully saturated rings. The van der Waals surface area contributed by atoms with Crippen LogP contribution >= 0.6 is 24.0 Å². The lowest BCUT2D eigenvalue weighted by Crippen LogP contribution is -2.46. The Labute approximate surface area is 206 Å². The van der Waals surface area contributed by atoms with E-state index in [9.17, 15) is 0 Å². The second kappa shape index (κ2) is 15.7. The number of halogens is 1. The molecule has 2 aliphatic rings. The van der Waals surface area contributed by atoms with Crippen LogP contribution in [-0.4, -0.2) is 76.4 Å². The average molecular weight is 544 g/mol. The van der Waals surface area contributed by atoms with Crippen LogP contribution < -0.4 is 15.5 Å². The third-order valence-corrected chi connectivity index (χ3v) is 5.80. The maximum absolute atomic E-state index is 5.68. The first-order valence-electron chi connectivity index (χ1n) is 12.0. The molecule has 0 spiro atoms. The molecule has 3 rings (SSSR count). The topological polar surface area (TPSA) is 52.1 Å². The van der Waals surface area contributed by atoms with E-state index in [1.807, 2.05) is 0 Å². The summed E-state index contributed by atoms with van der Waals surface area (Å²) in [6.45, 7) is 12.4. The van der Waals surface area contributed by atoms with E-state index in [2.05, 4.69) is 62.7 Å². The Morgan fingerprint density at radius 2 is 1.81 bits per heavy atom. The van der Waals surface area contributed by atoms with Gasteiger partial charge in [0.25, 0.3) is 0 Å². The average Bonchev–Trinajstić information content (AvgIpc) is 3.61. The van der Waals surface area contributed by atoms with Crippen molar-refractivity contribution < 1.29 is 4.74 Å². The lowest BCUT2D eigenvalue weighted by molar-refractivity contribution is 0.123. The van der Waals surface area contributed by atoms with Gasteiger partial charge in [-0.3, -0.25) is 9.89 Å². The van der Waals surface area contributed by atoms with Gasteiger partial charge in [-0.1, -0.05) is 18.2 Å². The van der Waals surface area contributed by atoms with Gasteiger partial charge in [0.05, 0.1) is 0 Å². The number of anilines is 1. The van der Waals surface area contributed by atoms with Crippen LogP contribution in [-0.2, 0) is 4.74 Å². The molecule has 1 aromatic carbocycles. The maximum Gasteiger partial charge on any atom is 0.191 e. The molecular formula is C24H42IN5O. The first-order chi connectivity index (χ1) is 14.8. The summed E-state index contributed by atoms with van der Waals surface area (Å²) >= 11 is 0. The van der Waals surface area contributed by atoms with E-state index in [0.717, 1.165) is 77.3 Å². The normalized spacial score (nSPS) is 17.3. The SMILES string of the molecule is CCNC(=NCCCOCC1CC1)NCCCCN1CCN(c2ccccc2)CC1.I. The van der Waals surface area contributed by atoms with Crippen LogP contribution in [0.25, 0.3) is 0 Å². The van der Waals surface area contributed by atoms with E-state index in [-0.39, 0.29) is 24.0 Å². The van der Waals surface area contributed by atoms with Crippen LogP contribution in [0.15, 0.2) is 35.3 Å². The van der Waals surface area contributed by atoms with E-state index in [1.165, 1.54) is 37.9 Å². The van der Waals surface area contributed by atoms with Gasteiger partial charge in [0.15, 0.2) is 5.96 Å². The minimum atomic E-state index is 0. The number of nitrogens with one attached hydrogen (secondary N) is 2. The highest BCUT2D eigenvalue weighted by Gasteiger charge is 2.20. The fourth-order valence-electron chi connectivity index (χ4n) is 3.77. The van der Waals surface area contributed by atoms with Crippen molar-refractivity contribution in [2.75, 3.05) is 70.5 Å². The molecule has 7 heteroatoms. The molecule has 1 saturated carbocycles. The quantitative estimate of drug-likeness (QED) is 0.173. The molecule has 31 heavy (non-hydrogen) atoms. The molecule has 0 aromatic heterocycles. The monoisotopic (exact) mass is 543 g/mol. The predicted molar refractivity (Wildman–Crippen MR) is 142 cm³/mol. The number of rotatable bonds is 13. The number of nitrogens with zero attached hydrogens (tertiary/aromatic N) is 3. The highest BCUT2D eigenvalue weighted by molar-refractivity contribution is 14.0. The van der Waals surface area contributed by atoms with Crippen molar-refractivity contribution >= 4 is 35.6 Å². The van der Waals surface area contributed by atoms with Crippen molar-refractivity contribution in [3.63, 3.8) is 0 Å². The van der Waals surface area contributed by atoms with Gasteiger partial charge in [-0.15, -0.1) is 24.0 Å². The number of aliphatic imine (C=N–C) groups is 1. The Balaban J connectivity index is 0.00000341. The molecule has 176 valence electrons. The van der Waals surface area contributed by atoms with Crippen LogP contribution in [0.1, 0.15) is 39.0 Å². The van der Waals surface area contributed by atoms with Crippen molar-refractivity contribution in [3.05, 3.63) is 30.3 Å². The van der Waals surface area contributed by atoms with Crippen molar-refractivity contribution in [3.8, 4) is 0 Å². The second-order valence-corrected chi connectivity index (χ2v) is 8.43. The Kier molecular flexibility index (Phi) is 13.3. The Hall–Kier alpha value is -1.06. The first-order valence-corrected chi connectivity index (χ1v) is 12.0. The molecule has 0 atom stereocenters. The Morgan fingerprint density at radius 1 is 1.03 bits per heavy atom. The van der Waals surface area contributed by atoms with Gasteiger partial charge in [-0.2, -0.15) is 0 Å². The summed E-state index contributed by atoms with van der Waals surface area (Å²) in [5.41, 5.74) is 1.35. The van der Waals surface area contributed by atoms with E-state index in [4.69, 9.17) is 4.74 Å². The number of hydrogen-bond donors (Lipinski definition) is 2. The van der Waals surface area contributed by atoms with E-state index in [1.54, 1.807) is 0 Å². The van der Waals surface area contributed by atoms with E-state index in [0.29, 0.717) is 0 Å². The largest absolute Gasteiger partial charge is 0.381 e. The zero-order valence-electron chi connectivity index (χ0n) is 19.2. The number of benzene rings is 1. The smallest absolute Gasteiger partial charge is 0.191 e. The lowest BCUT2D eigenvalue weighted by atomic mass is 10.2. The van der Waals surface area contributed by atoms with Crippen molar-refractivity contribution in [1.29, 1.82) is 0 Å². The van der Waals surface area contributed by atoms with Gasteiger partial charge >= 0.3 is 0 Å². The Bertz CT molecular complexity index is 603. The molecule has 2 N–H and O–H groups in total. The van der Waals surface area contributed by atoms with Crippen molar-refractivity contribution in [1.82, 2.24) is 15.5 Å². The number of ether oxygens (including phenoxy) is 1. The molecule has 0 radical (unpaired) electrons. The zero-order valence-corrected chi connectivity index (χ0v) is 21.6. The highest BCUT2D eigenvalue weighted by atomic mass is 127. The molecule has 0 amide bonds. The molecule has 1 heterocycles. The summed E-state index contributed by atoms with van der Waals surface area (Å²) < 4.78 is 5.68. The van der Waals surface area contributed by atoms with Crippen LogP contribution in [0.3, 0.4) is 0 Å². The van der Waals surface area contributed by atoms with Gasteiger partial charge in [0.2, 0.25) is 0 Å². The molecule has 1 saturated heterocycles. The van der Waals surface area contributed by atoms with Gasteiger partial charge in [0, 0.05) is 64.7 Å². The van der Waals surface area contributed by atoms with Gasteiger partial charge < -0.3 is 20.3 Å². The lowest BCUT2D eigenvalue weighted by Gasteiger charge is -2.36. The third-order valence-electron chi connectivity index (χ3n) is 5.80. The molecule has 1 aromatic rings. The van der Waals surface area contributed by atoms with Crippen LogP contribution in [0.5, 0.6) is 0 Å². The standard InChI is InChI=1S/C24H41N5O.HI/c1-2-25-24(27-14-8-20-30-21-22-11-12-22)26-13-6-7-15-28-16-18-29(19-17-28)23-9-4-3-5-10-23;/h3-5,9-10,22H,2,6-8,11-21H2,1H3,(H2,25,26,27);1H. The van der Waals surface area contributed by atoms with E-state index < -0.39 is 0 Å². The van der Waals surface area contributed by atoms with Crippen LogP contribution in [0.2, 0.25) is 0 Å². The molecule has 1 aliphatic carbocycles. The van der Waals surface area contributed by atoms with E-state index >= 15 is 0 Å². The summed E-state index contributed by atoms with van der Waals surface area (Å²) in [5, 5.41) is 6.82. The van der Waals surface area contributed by atoms with Gasteiger partial charge in [-0.05, 0) is 63.6 Å². The number of unbranched alkanes of at least 4 members (excludes halogenated alkanes) is 1. The summed E-state index contributed by atoms with van der Waals surface area (Å²) in [6, 6.07) is 10.8. The highest BCUT2D eigenvalue weighted by Crippen LogP contribution is 2.28. The van der Waals surface area contributed by atoms with Gasteiger partial charge in [0.1, 0.15) is 0 Å². The maximum atomic E-state index is 5.68. The second-order valence-electron chi connectivity index (χ2n) is 8.43. The minimum Gasteiger partial charge on any atom is -0.381 e. The molecule has 0 bridgehead atoms. The Morgan fingerprint density at radius 3 is 2.52 bits per heavy atom. The van der Waals surface area contributed by atoms with Crippen LogP contribution in [0.4, 0.5) is 5.69 Å². The summed E-state index contributed by atoms with van der Waals surface area (Å²) in [4.78, 5) is 9.76. The number of piperazine rings is 1. The minimum absolute atomic E-state index is 0. The fraction of sp³-hybridized carbons (Fsp3) is 0.708. The van der Waals surface area contributed by atoms with Crippen molar-refractivity contribution in [2.45, 2.75) is 39.0 Å². The third kappa shape index (κ3) is 10.9. The summed E-state index contributed by atoms with van der Waals surface area (Å²) in [5.74, 6) is 1.79. The summed E-state index contributed by atoms with van der Waals surface area (Å²) in [7, 11) is 0. The van der Waals surface area contributed by atoms with Gasteiger partial charge in [-0.25, -0.2) is 0 Å². The first kappa shape index (κ1) is 26.2. The fourth-order valence-corrected chi connectivity index (χ4v) is 3.77. The number of guanidine groups is 1. The molecule has 6 nitrogen and oxygen atoms in total. The zero-order chi connectivity index (χ0) is 20.9. The molecular weight excluding hydrogens is 501 g/mol. The number of hydrogen-bond acceptors (Lipinski definition) is 4. The van der Waals surface area contributed by atoms with Crippen molar-refractivity contribution in [2.24, 2.45) is 10.9 Å². The predicted octanol–water partition coefficient (Wildman–Crippen LogP) is 3.58. The molecule has 0 unspecified atom stereocenters. The number of para-hydroxylation sites is 1.